The average Bonchev–Trinajstić information content (AvgIpc) is 2.28. The van der Waals surface area contributed by atoms with Gasteiger partial charge in [0.1, 0.15) is 0 Å². The van der Waals surface area contributed by atoms with Crippen molar-refractivity contribution in [3.8, 4) is 12.3 Å². The van der Waals surface area contributed by atoms with E-state index in [2.05, 4.69) is 16.6 Å². The van der Waals surface area contributed by atoms with Gasteiger partial charge in [-0.2, -0.15) is 0 Å². The molecule has 1 aromatic carbocycles. The zero-order valence-corrected chi connectivity index (χ0v) is 10.3. The second-order valence-corrected chi connectivity index (χ2v) is 3.82. The van der Waals surface area contributed by atoms with Crippen molar-refractivity contribution in [3.05, 3.63) is 28.8 Å². The molecule has 6 heteroatoms. The first kappa shape index (κ1) is 14.0. The molecule has 0 saturated heterocycles. The Morgan fingerprint density at radius 2 is 2.17 bits per heavy atom. The zero-order chi connectivity index (χ0) is 13.5. The summed E-state index contributed by atoms with van der Waals surface area (Å²) < 4.78 is 0. The summed E-state index contributed by atoms with van der Waals surface area (Å²) in [5.74, 6) is 1.48. The van der Waals surface area contributed by atoms with Crippen LogP contribution < -0.4 is 16.4 Å². The van der Waals surface area contributed by atoms with Crippen LogP contribution in [0.3, 0.4) is 0 Å². The fraction of sp³-hybridized carbons (Fsp3) is 0.167. The van der Waals surface area contributed by atoms with Crippen molar-refractivity contribution in [2.24, 2.45) is 5.73 Å². The Balaban J connectivity index is 2.64. The van der Waals surface area contributed by atoms with E-state index in [1.54, 1.807) is 6.07 Å². The van der Waals surface area contributed by atoms with E-state index in [9.17, 15) is 9.59 Å². The summed E-state index contributed by atoms with van der Waals surface area (Å²) in [7, 11) is 0. The van der Waals surface area contributed by atoms with E-state index in [1.165, 1.54) is 12.1 Å². The molecule has 2 amide bonds. The molecule has 94 valence electrons. The van der Waals surface area contributed by atoms with E-state index in [-0.39, 0.29) is 23.0 Å². The number of nitrogens with two attached hydrogens (primary N) is 1. The van der Waals surface area contributed by atoms with E-state index in [4.69, 9.17) is 23.8 Å². The number of terminal acetylenes is 1. The van der Waals surface area contributed by atoms with Crippen LogP contribution in [-0.4, -0.2) is 24.9 Å². The quantitative estimate of drug-likeness (QED) is 0.538. The van der Waals surface area contributed by atoms with E-state index >= 15 is 0 Å². The molecule has 0 bridgehead atoms. The third-order valence-corrected chi connectivity index (χ3v) is 2.34. The van der Waals surface area contributed by atoms with Crippen LogP contribution in [0.25, 0.3) is 0 Å². The maximum Gasteiger partial charge on any atom is 0.250 e. The lowest BCUT2D eigenvalue weighted by Crippen LogP contribution is -2.28. The van der Waals surface area contributed by atoms with E-state index in [0.717, 1.165) is 0 Å². The summed E-state index contributed by atoms with van der Waals surface area (Å²) in [4.78, 5) is 22.4. The minimum atomic E-state index is -0.617. The Bertz CT molecular complexity index is 509. The molecule has 0 aliphatic heterocycles. The number of amides is 2. The van der Waals surface area contributed by atoms with Gasteiger partial charge in [0.15, 0.2) is 0 Å². The Morgan fingerprint density at radius 1 is 1.44 bits per heavy atom. The van der Waals surface area contributed by atoms with Gasteiger partial charge in [-0.3, -0.25) is 14.9 Å². The van der Waals surface area contributed by atoms with Crippen LogP contribution in [0.5, 0.6) is 0 Å². The third kappa shape index (κ3) is 4.09. The molecule has 0 spiro atoms. The number of hydrogen-bond donors (Lipinski definition) is 3. The molecular weight excluding hydrogens is 254 g/mol. The van der Waals surface area contributed by atoms with Crippen molar-refractivity contribution >= 4 is 29.1 Å². The lowest BCUT2D eigenvalue weighted by atomic mass is 10.2. The van der Waals surface area contributed by atoms with E-state index < -0.39 is 5.91 Å². The number of nitrogens with one attached hydrogen (secondary N) is 2. The number of primary amides is 1. The summed E-state index contributed by atoms with van der Waals surface area (Å²) in [6.45, 7) is 0.411. The number of hydrogen-bond acceptors (Lipinski definition) is 3. The highest BCUT2D eigenvalue weighted by Gasteiger charge is 2.08. The predicted molar refractivity (Wildman–Crippen MR) is 70.3 cm³/mol. The molecule has 0 unspecified atom stereocenters. The van der Waals surface area contributed by atoms with E-state index in [1.807, 2.05) is 0 Å². The largest absolute Gasteiger partial charge is 0.366 e. The first-order valence-electron chi connectivity index (χ1n) is 5.08. The Kier molecular flexibility index (Phi) is 5.18. The van der Waals surface area contributed by atoms with Gasteiger partial charge in [0.05, 0.1) is 23.7 Å². The van der Waals surface area contributed by atoms with Crippen LogP contribution in [-0.2, 0) is 4.79 Å². The van der Waals surface area contributed by atoms with Gasteiger partial charge in [-0.1, -0.05) is 17.5 Å². The molecule has 4 N–H and O–H groups in total. The second-order valence-electron chi connectivity index (χ2n) is 3.41. The topological polar surface area (TPSA) is 84.2 Å². The average molecular weight is 266 g/mol. The van der Waals surface area contributed by atoms with Crippen LogP contribution in [0.4, 0.5) is 5.69 Å². The number of benzene rings is 1. The molecule has 18 heavy (non-hydrogen) atoms. The fourth-order valence-corrected chi connectivity index (χ4v) is 1.52. The normalized spacial score (nSPS) is 9.56. The van der Waals surface area contributed by atoms with Crippen LogP contribution in [0.2, 0.25) is 5.02 Å². The number of rotatable bonds is 5. The molecule has 0 fully saturated rings. The van der Waals surface area contributed by atoms with Gasteiger partial charge >= 0.3 is 0 Å². The first-order valence-corrected chi connectivity index (χ1v) is 5.45. The first-order chi connectivity index (χ1) is 8.54. The number of halogens is 1. The lowest BCUT2D eigenvalue weighted by molar-refractivity contribution is -0.115. The Morgan fingerprint density at radius 3 is 2.72 bits per heavy atom. The number of carbonyl (C=O) groups excluding carboxylic acids is 2. The van der Waals surface area contributed by atoms with Crippen molar-refractivity contribution in [1.82, 2.24) is 5.32 Å². The molecule has 0 heterocycles. The molecule has 0 atom stereocenters. The van der Waals surface area contributed by atoms with Crippen LogP contribution in [0, 0.1) is 12.3 Å². The van der Waals surface area contributed by atoms with Gasteiger partial charge in [-0.15, -0.1) is 6.42 Å². The Hall–Kier alpha value is -2.03. The molecule has 0 aliphatic carbocycles. The maximum atomic E-state index is 11.4. The maximum absolute atomic E-state index is 11.4. The number of anilines is 1. The summed E-state index contributed by atoms with van der Waals surface area (Å²) in [6.07, 6.45) is 5.03. The van der Waals surface area contributed by atoms with Crippen LogP contribution in [0.15, 0.2) is 18.2 Å². The molecule has 1 rings (SSSR count). The van der Waals surface area contributed by atoms with Crippen molar-refractivity contribution in [2.45, 2.75) is 0 Å². The molecule has 5 nitrogen and oxygen atoms in total. The van der Waals surface area contributed by atoms with Gasteiger partial charge < -0.3 is 11.1 Å². The third-order valence-electron chi connectivity index (χ3n) is 2.03. The summed E-state index contributed by atoms with van der Waals surface area (Å²) in [5, 5.41) is 5.54. The van der Waals surface area contributed by atoms with E-state index in [0.29, 0.717) is 12.2 Å². The summed E-state index contributed by atoms with van der Waals surface area (Å²) in [5.41, 5.74) is 5.80. The monoisotopic (exact) mass is 265 g/mol. The molecule has 0 aromatic heterocycles. The highest BCUT2D eigenvalue weighted by Crippen LogP contribution is 2.20. The van der Waals surface area contributed by atoms with Crippen molar-refractivity contribution < 1.29 is 9.59 Å². The van der Waals surface area contributed by atoms with Crippen molar-refractivity contribution in [3.63, 3.8) is 0 Å². The van der Waals surface area contributed by atoms with Crippen molar-refractivity contribution in [1.29, 1.82) is 0 Å². The smallest absolute Gasteiger partial charge is 0.250 e. The molecule has 0 saturated carbocycles. The van der Waals surface area contributed by atoms with Crippen LogP contribution >= 0.6 is 11.6 Å². The number of carbonyl (C=O) groups is 2. The summed E-state index contributed by atoms with van der Waals surface area (Å²) >= 11 is 5.84. The lowest BCUT2D eigenvalue weighted by Gasteiger charge is -2.07. The van der Waals surface area contributed by atoms with Gasteiger partial charge in [-0.05, 0) is 18.2 Å². The fourth-order valence-electron chi connectivity index (χ4n) is 1.25. The van der Waals surface area contributed by atoms with Gasteiger partial charge in [0.2, 0.25) is 11.8 Å². The Labute approximate surface area is 110 Å². The molecule has 1 aromatic rings. The van der Waals surface area contributed by atoms with Gasteiger partial charge in [0.25, 0.3) is 0 Å². The highest BCUT2D eigenvalue weighted by atomic mass is 35.5. The van der Waals surface area contributed by atoms with Gasteiger partial charge in [-0.25, -0.2) is 0 Å². The molecular formula is C12H12ClN3O2. The zero-order valence-electron chi connectivity index (χ0n) is 9.50. The minimum Gasteiger partial charge on any atom is -0.366 e. The predicted octanol–water partition coefficient (Wildman–Crippen LogP) is 0.600. The van der Waals surface area contributed by atoms with Crippen LogP contribution in [0.1, 0.15) is 10.4 Å². The molecule has 0 radical (unpaired) electrons. The summed E-state index contributed by atoms with van der Waals surface area (Å²) in [6, 6.07) is 4.46. The highest BCUT2D eigenvalue weighted by molar-refractivity contribution is 6.34. The SMILES string of the molecule is C#CCNCC(=O)Nc1ccc(C(N)=O)c(Cl)c1. The minimum absolute atomic E-state index is 0.0966. The second kappa shape index (κ2) is 6.64. The molecule has 0 aliphatic rings. The standard InChI is InChI=1S/C12H12ClN3O2/c1-2-5-15-7-11(17)16-8-3-4-9(12(14)18)10(13)6-8/h1,3-4,6,15H,5,7H2,(H2,14,18)(H,16,17). The van der Waals surface area contributed by atoms with Crippen molar-refractivity contribution in [2.75, 3.05) is 18.4 Å². The van der Waals surface area contributed by atoms with Gasteiger partial charge in [0, 0.05) is 5.69 Å².